The van der Waals surface area contributed by atoms with Gasteiger partial charge in [-0.05, 0) is 54.1 Å². The Kier molecular flexibility index (Phi) is 4.21. The Hall–Kier alpha value is -0.340. The lowest BCUT2D eigenvalue weighted by Crippen LogP contribution is -2.32. The third-order valence-corrected chi connectivity index (χ3v) is 3.79. The highest BCUT2D eigenvalue weighted by molar-refractivity contribution is 7.07. The standard InChI is InChI=1S/C13H21NS/c1-2-6-14-13(8-11-3-4-11)9-12-5-7-15-10-12/h5,7,10-11,13-14H,2-4,6,8-9H2,1H3. The van der Waals surface area contributed by atoms with Crippen LogP contribution in [0.4, 0.5) is 0 Å². The van der Waals surface area contributed by atoms with E-state index in [9.17, 15) is 0 Å². The summed E-state index contributed by atoms with van der Waals surface area (Å²) in [6.45, 7) is 3.41. The van der Waals surface area contributed by atoms with Gasteiger partial charge in [-0.2, -0.15) is 11.3 Å². The minimum Gasteiger partial charge on any atom is -0.314 e. The molecule has 2 heteroatoms. The zero-order chi connectivity index (χ0) is 10.5. The Morgan fingerprint density at radius 3 is 3.00 bits per heavy atom. The van der Waals surface area contributed by atoms with Gasteiger partial charge in [0.05, 0.1) is 0 Å². The fourth-order valence-electron chi connectivity index (χ4n) is 2.04. The second-order valence-corrected chi connectivity index (χ2v) is 5.45. The predicted molar refractivity (Wildman–Crippen MR) is 67.4 cm³/mol. The molecule has 1 aromatic heterocycles. The van der Waals surface area contributed by atoms with Gasteiger partial charge in [-0.25, -0.2) is 0 Å². The van der Waals surface area contributed by atoms with Crippen molar-refractivity contribution in [1.82, 2.24) is 5.32 Å². The van der Waals surface area contributed by atoms with Crippen molar-refractivity contribution in [3.63, 3.8) is 0 Å². The predicted octanol–water partition coefficient (Wildman–Crippen LogP) is 3.46. The Bertz CT molecular complexity index is 264. The number of thiophene rings is 1. The molecule has 15 heavy (non-hydrogen) atoms. The number of hydrogen-bond donors (Lipinski definition) is 1. The highest BCUT2D eigenvalue weighted by Crippen LogP contribution is 2.34. The van der Waals surface area contributed by atoms with E-state index < -0.39 is 0 Å². The van der Waals surface area contributed by atoms with Crippen LogP contribution in [0.2, 0.25) is 0 Å². The summed E-state index contributed by atoms with van der Waals surface area (Å²) in [6, 6.07) is 2.98. The molecule has 0 saturated heterocycles. The van der Waals surface area contributed by atoms with E-state index >= 15 is 0 Å². The molecule has 1 aliphatic carbocycles. The van der Waals surface area contributed by atoms with Crippen LogP contribution in [-0.2, 0) is 6.42 Å². The van der Waals surface area contributed by atoms with E-state index in [1.54, 1.807) is 0 Å². The second kappa shape index (κ2) is 5.66. The van der Waals surface area contributed by atoms with Gasteiger partial charge >= 0.3 is 0 Å². The van der Waals surface area contributed by atoms with Crippen LogP contribution in [0.5, 0.6) is 0 Å². The molecule has 0 amide bonds. The van der Waals surface area contributed by atoms with Gasteiger partial charge in [0, 0.05) is 6.04 Å². The summed E-state index contributed by atoms with van der Waals surface area (Å²) in [5.74, 6) is 1.03. The van der Waals surface area contributed by atoms with Crippen LogP contribution in [0.25, 0.3) is 0 Å². The van der Waals surface area contributed by atoms with Crippen LogP contribution in [-0.4, -0.2) is 12.6 Å². The highest BCUT2D eigenvalue weighted by Gasteiger charge is 2.25. The van der Waals surface area contributed by atoms with E-state index in [1.165, 1.54) is 44.2 Å². The van der Waals surface area contributed by atoms with E-state index in [-0.39, 0.29) is 0 Å². The molecular formula is C13H21NS. The third kappa shape index (κ3) is 3.96. The van der Waals surface area contributed by atoms with Crippen LogP contribution < -0.4 is 5.32 Å². The average Bonchev–Trinajstić information content (AvgIpc) is 2.90. The summed E-state index contributed by atoms with van der Waals surface area (Å²) in [7, 11) is 0. The molecular weight excluding hydrogens is 202 g/mol. The summed E-state index contributed by atoms with van der Waals surface area (Å²) in [5, 5.41) is 8.15. The zero-order valence-corrected chi connectivity index (χ0v) is 10.4. The third-order valence-electron chi connectivity index (χ3n) is 3.06. The van der Waals surface area contributed by atoms with Crippen molar-refractivity contribution in [3.05, 3.63) is 22.4 Å². The van der Waals surface area contributed by atoms with Gasteiger partial charge in [-0.1, -0.05) is 19.8 Å². The molecule has 0 spiro atoms. The fraction of sp³-hybridized carbons (Fsp3) is 0.692. The molecule has 1 saturated carbocycles. The monoisotopic (exact) mass is 223 g/mol. The van der Waals surface area contributed by atoms with Crippen LogP contribution in [0, 0.1) is 5.92 Å². The molecule has 1 nitrogen and oxygen atoms in total. The van der Waals surface area contributed by atoms with Gasteiger partial charge in [0.1, 0.15) is 0 Å². The van der Waals surface area contributed by atoms with Crippen LogP contribution in [0.15, 0.2) is 16.8 Å². The fourth-order valence-corrected chi connectivity index (χ4v) is 2.72. The smallest absolute Gasteiger partial charge is 0.0110 e. The first kappa shape index (κ1) is 11.2. The topological polar surface area (TPSA) is 12.0 Å². The average molecular weight is 223 g/mol. The molecule has 1 heterocycles. The van der Waals surface area contributed by atoms with Gasteiger partial charge < -0.3 is 5.32 Å². The molecule has 0 radical (unpaired) electrons. The van der Waals surface area contributed by atoms with E-state index in [0.717, 1.165) is 5.92 Å². The molecule has 1 aromatic rings. The van der Waals surface area contributed by atoms with Crippen LogP contribution in [0.1, 0.15) is 38.2 Å². The van der Waals surface area contributed by atoms with Gasteiger partial charge in [0.2, 0.25) is 0 Å². The molecule has 84 valence electrons. The Balaban J connectivity index is 1.80. The minimum absolute atomic E-state index is 0.715. The maximum absolute atomic E-state index is 3.68. The molecule has 0 aromatic carbocycles. The summed E-state index contributed by atoms with van der Waals surface area (Å²) >= 11 is 1.81. The van der Waals surface area contributed by atoms with Crippen molar-refractivity contribution in [2.75, 3.05) is 6.54 Å². The summed E-state index contributed by atoms with van der Waals surface area (Å²) in [4.78, 5) is 0. The van der Waals surface area contributed by atoms with Gasteiger partial charge in [-0.15, -0.1) is 0 Å². The zero-order valence-electron chi connectivity index (χ0n) is 9.54. The lowest BCUT2D eigenvalue weighted by molar-refractivity contribution is 0.455. The number of nitrogens with one attached hydrogen (secondary N) is 1. The van der Waals surface area contributed by atoms with Crippen molar-refractivity contribution in [1.29, 1.82) is 0 Å². The normalized spacial score (nSPS) is 17.9. The summed E-state index contributed by atoms with van der Waals surface area (Å²) < 4.78 is 0. The Morgan fingerprint density at radius 2 is 2.40 bits per heavy atom. The Morgan fingerprint density at radius 1 is 1.53 bits per heavy atom. The van der Waals surface area contributed by atoms with E-state index in [2.05, 4.69) is 29.1 Å². The SMILES string of the molecule is CCCNC(Cc1ccsc1)CC1CC1. The van der Waals surface area contributed by atoms with Gasteiger partial charge in [0.15, 0.2) is 0 Å². The van der Waals surface area contributed by atoms with Gasteiger partial charge in [0.25, 0.3) is 0 Å². The highest BCUT2D eigenvalue weighted by atomic mass is 32.1. The second-order valence-electron chi connectivity index (χ2n) is 4.67. The van der Waals surface area contributed by atoms with E-state index in [4.69, 9.17) is 0 Å². The largest absolute Gasteiger partial charge is 0.314 e. The first-order valence-electron chi connectivity index (χ1n) is 6.13. The van der Waals surface area contributed by atoms with Gasteiger partial charge in [-0.3, -0.25) is 0 Å². The van der Waals surface area contributed by atoms with Crippen LogP contribution in [0.3, 0.4) is 0 Å². The van der Waals surface area contributed by atoms with Crippen LogP contribution >= 0.6 is 11.3 Å². The van der Waals surface area contributed by atoms with Crippen molar-refractivity contribution < 1.29 is 0 Å². The van der Waals surface area contributed by atoms with E-state index in [1.807, 2.05) is 11.3 Å². The maximum Gasteiger partial charge on any atom is 0.0110 e. The first-order valence-corrected chi connectivity index (χ1v) is 7.07. The molecule has 0 aliphatic heterocycles. The Labute approximate surface area is 96.9 Å². The lowest BCUT2D eigenvalue weighted by Gasteiger charge is -2.17. The van der Waals surface area contributed by atoms with Crippen molar-refractivity contribution in [3.8, 4) is 0 Å². The van der Waals surface area contributed by atoms with E-state index in [0.29, 0.717) is 6.04 Å². The lowest BCUT2D eigenvalue weighted by atomic mass is 10.0. The summed E-state index contributed by atoms with van der Waals surface area (Å²) in [6.07, 6.45) is 6.78. The maximum atomic E-state index is 3.68. The summed E-state index contributed by atoms with van der Waals surface area (Å²) in [5.41, 5.74) is 1.51. The molecule has 1 aliphatic rings. The molecule has 1 N–H and O–H groups in total. The van der Waals surface area contributed by atoms with Crippen molar-refractivity contribution >= 4 is 11.3 Å². The van der Waals surface area contributed by atoms with Crippen molar-refractivity contribution in [2.45, 2.75) is 45.1 Å². The van der Waals surface area contributed by atoms with Crippen molar-refractivity contribution in [2.24, 2.45) is 5.92 Å². The molecule has 1 fully saturated rings. The molecule has 1 atom stereocenters. The first-order chi connectivity index (χ1) is 7.38. The molecule has 1 unspecified atom stereocenters. The molecule has 2 rings (SSSR count). The number of rotatable bonds is 7. The molecule has 0 bridgehead atoms. The number of hydrogen-bond acceptors (Lipinski definition) is 2. The quantitative estimate of drug-likeness (QED) is 0.746. The minimum atomic E-state index is 0.715.